The van der Waals surface area contributed by atoms with Gasteiger partial charge in [0.1, 0.15) is 13.2 Å². The number of allylic oxidation sites excluding steroid dienone is 2. The monoisotopic (exact) mass is 987 g/mol. The van der Waals surface area contributed by atoms with Crippen molar-refractivity contribution < 1.29 is 28.6 Å². The fourth-order valence-corrected chi connectivity index (χ4v) is 9.74. The molecule has 0 aromatic heterocycles. The van der Waals surface area contributed by atoms with Gasteiger partial charge in [-0.2, -0.15) is 0 Å². The van der Waals surface area contributed by atoms with E-state index in [1.165, 1.54) is 257 Å². The molecule has 0 radical (unpaired) electrons. The Morgan fingerprint density at radius 3 is 0.729 bits per heavy atom. The van der Waals surface area contributed by atoms with E-state index in [-0.39, 0.29) is 31.1 Å². The maximum Gasteiger partial charge on any atom is 0.306 e. The molecule has 414 valence electrons. The first-order valence-corrected chi connectivity index (χ1v) is 31.7. The molecule has 0 spiro atoms. The highest BCUT2D eigenvalue weighted by Crippen LogP contribution is 2.18. The lowest BCUT2D eigenvalue weighted by Gasteiger charge is -2.18. The molecule has 0 aliphatic rings. The highest BCUT2D eigenvalue weighted by molar-refractivity contribution is 5.71. The van der Waals surface area contributed by atoms with E-state index in [0.29, 0.717) is 19.3 Å². The highest BCUT2D eigenvalue weighted by atomic mass is 16.6. The summed E-state index contributed by atoms with van der Waals surface area (Å²) in [5, 5.41) is 0. The minimum atomic E-state index is -0.768. The third-order valence-corrected chi connectivity index (χ3v) is 14.5. The molecule has 0 aliphatic carbocycles. The van der Waals surface area contributed by atoms with E-state index in [4.69, 9.17) is 14.2 Å². The summed E-state index contributed by atoms with van der Waals surface area (Å²) in [4.78, 5) is 38.2. The Balaban J connectivity index is 4.26. The van der Waals surface area contributed by atoms with E-state index >= 15 is 0 Å². The summed E-state index contributed by atoms with van der Waals surface area (Å²) in [5.74, 6) is -0.845. The van der Waals surface area contributed by atoms with Gasteiger partial charge >= 0.3 is 17.9 Å². The molecule has 0 amide bonds. The van der Waals surface area contributed by atoms with Gasteiger partial charge in [-0.3, -0.25) is 14.4 Å². The molecule has 0 bridgehead atoms. The molecule has 0 aliphatic heterocycles. The zero-order chi connectivity index (χ0) is 50.7. The molecule has 0 aromatic carbocycles. The number of esters is 3. The van der Waals surface area contributed by atoms with Crippen LogP contribution >= 0.6 is 0 Å². The van der Waals surface area contributed by atoms with Gasteiger partial charge in [-0.05, 0) is 44.9 Å². The molecule has 0 fully saturated rings. The van der Waals surface area contributed by atoms with Gasteiger partial charge in [0.2, 0.25) is 0 Å². The fraction of sp³-hybridized carbons (Fsp3) is 0.922. The second-order valence-corrected chi connectivity index (χ2v) is 21.7. The third kappa shape index (κ3) is 57.1. The van der Waals surface area contributed by atoms with Crippen LogP contribution in [0, 0.1) is 0 Å². The van der Waals surface area contributed by atoms with Crippen LogP contribution in [0.5, 0.6) is 0 Å². The number of ether oxygens (including phenoxy) is 3. The molecule has 0 saturated carbocycles. The quantitative estimate of drug-likeness (QED) is 0.0261. The van der Waals surface area contributed by atoms with Crippen molar-refractivity contribution in [2.45, 2.75) is 367 Å². The van der Waals surface area contributed by atoms with Crippen molar-refractivity contribution in [3.63, 3.8) is 0 Å². The SMILES string of the molecule is CCCCCC/C=C\CCCCCCCC(=O)OCC(COC(=O)CCCCCCCCCCCCCCCCCCCCCCC)OC(=O)CCCCCCCCCCCCCCCCCCCC. The molecule has 6 nitrogen and oxygen atoms in total. The molecule has 6 heteroatoms. The molecule has 70 heavy (non-hydrogen) atoms. The number of hydrogen-bond acceptors (Lipinski definition) is 6. The van der Waals surface area contributed by atoms with Gasteiger partial charge in [-0.1, -0.05) is 309 Å². The number of carbonyl (C=O) groups is 3. The van der Waals surface area contributed by atoms with E-state index in [9.17, 15) is 14.4 Å². The molecule has 1 atom stereocenters. The Kier molecular flexibility index (Phi) is 58.1. The summed E-state index contributed by atoms with van der Waals surface area (Å²) in [6, 6.07) is 0. The van der Waals surface area contributed by atoms with Crippen LogP contribution in [0.1, 0.15) is 361 Å². The average Bonchev–Trinajstić information content (AvgIpc) is 3.36. The number of unbranched alkanes of at least 4 members (excludes halogenated alkanes) is 46. The topological polar surface area (TPSA) is 78.9 Å². The van der Waals surface area contributed by atoms with Crippen molar-refractivity contribution in [2.75, 3.05) is 13.2 Å². The van der Waals surface area contributed by atoms with Crippen LogP contribution in [-0.4, -0.2) is 37.2 Å². The number of hydrogen-bond donors (Lipinski definition) is 0. The van der Waals surface area contributed by atoms with Crippen molar-refractivity contribution in [3.05, 3.63) is 12.2 Å². The smallest absolute Gasteiger partial charge is 0.306 e. The van der Waals surface area contributed by atoms with Gasteiger partial charge in [0, 0.05) is 19.3 Å². The van der Waals surface area contributed by atoms with E-state index in [1.807, 2.05) is 0 Å². The van der Waals surface area contributed by atoms with Crippen LogP contribution in [0.2, 0.25) is 0 Å². The minimum absolute atomic E-state index is 0.0661. The van der Waals surface area contributed by atoms with Crippen molar-refractivity contribution in [1.82, 2.24) is 0 Å². The Morgan fingerprint density at radius 2 is 0.471 bits per heavy atom. The summed E-state index contributed by atoms with van der Waals surface area (Å²) in [5.41, 5.74) is 0. The normalized spacial score (nSPS) is 12.0. The Bertz CT molecular complexity index is 1090. The third-order valence-electron chi connectivity index (χ3n) is 14.5. The predicted molar refractivity (Wildman–Crippen MR) is 303 cm³/mol. The average molecular weight is 988 g/mol. The maximum atomic E-state index is 12.9. The van der Waals surface area contributed by atoms with Crippen molar-refractivity contribution in [3.8, 4) is 0 Å². The number of carbonyl (C=O) groups excluding carboxylic acids is 3. The van der Waals surface area contributed by atoms with Gasteiger partial charge in [0.25, 0.3) is 0 Å². The van der Waals surface area contributed by atoms with Crippen LogP contribution in [0.4, 0.5) is 0 Å². The van der Waals surface area contributed by atoms with Gasteiger partial charge in [0.15, 0.2) is 6.10 Å². The number of rotatable bonds is 59. The molecular weight excluding hydrogens is 865 g/mol. The van der Waals surface area contributed by atoms with Crippen molar-refractivity contribution in [1.29, 1.82) is 0 Å². The Morgan fingerprint density at radius 1 is 0.271 bits per heavy atom. The standard InChI is InChI=1S/C64H122O6/c1-4-7-10-13-16-19-22-25-27-29-31-32-33-35-36-39-42-45-48-51-54-57-63(66)69-60-61(59-68-62(65)56-53-50-47-44-41-38-24-21-18-15-12-9-6-3)70-64(67)58-55-52-49-46-43-40-37-34-30-28-26-23-20-17-14-11-8-5-2/h21,24,61H,4-20,22-23,25-60H2,1-3H3/b24-21-. The Hall–Kier alpha value is -1.85. The molecule has 0 saturated heterocycles. The van der Waals surface area contributed by atoms with Crippen LogP contribution in [0.25, 0.3) is 0 Å². The molecule has 1 unspecified atom stereocenters. The van der Waals surface area contributed by atoms with Crippen LogP contribution in [0.3, 0.4) is 0 Å². The van der Waals surface area contributed by atoms with Gasteiger partial charge in [-0.15, -0.1) is 0 Å². The summed E-state index contributed by atoms with van der Waals surface area (Å²) in [6.45, 7) is 6.69. The predicted octanol–water partition coefficient (Wildman–Crippen LogP) is 21.3. The van der Waals surface area contributed by atoms with Crippen LogP contribution in [-0.2, 0) is 28.6 Å². The zero-order valence-corrected chi connectivity index (χ0v) is 47.6. The first-order chi connectivity index (χ1) is 34.5. The summed E-state index contributed by atoms with van der Waals surface area (Å²) >= 11 is 0. The van der Waals surface area contributed by atoms with E-state index < -0.39 is 6.10 Å². The molecule has 0 aromatic rings. The second-order valence-electron chi connectivity index (χ2n) is 21.7. The lowest BCUT2D eigenvalue weighted by Crippen LogP contribution is -2.30. The summed E-state index contributed by atoms with van der Waals surface area (Å²) in [6.07, 6.45) is 69.3. The Labute approximate surface area is 437 Å². The van der Waals surface area contributed by atoms with Crippen LogP contribution in [0.15, 0.2) is 12.2 Å². The van der Waals surface area contributed by atoms with Gasteiger partial charge in [0.05, 0.1) is 0 Å². The van der Waals surface area contributed by atoms with E-state index in [2.05, 4.69) is 32.9 Å². The summed E-state index contributed by atoms with van der Waals surface area (Å²) < 4.78 is 16.9. The van der Waals surface area contributed by atoms with Gasteiger partial charge < -0.3 is 14.2 Å². The largest absolute Gasteiger partial charge is 0.462 e. The maximum absolute atomic E-state index is 12.9. The molecular formula is C64H122O6. The fourth-order valence-electron chi connectivity index (χ4n) is 9.74. The van der Waals surface area contributed by atoms with Crippen molar-refractivity contribution in [2.24, 2.45) is 0 Å². The molecule has 0 N–H and O–H groups in total. The minimum Gasteiger partial charge on any atom is -0.462 e. The summed E-state index contributed by atoms with van der Waals surface area (Å²) in [7, 11) is 0. The lowest BCUT2D eigenvalue weighted by atomic mass is 10.0. The highest BCUT2D eigenvalue weighted by Gasteiger charge is 2.19. The molecule has 0 heterocycles. The second kappa shape index (κ2) is 59.7. The first kappa shape index (κ1) is 68.2. The zero-order valence-electron chi connectivity index (χ0n) is 47.6. The van der Waals surface area contributed by atoms with Crippen LogP contribution < -0.4 is 0 Å². The van der Waals surface area contributed by atoms with E-state index in [1.54, 1.807) is 0 Å². The van der Waals surface area contributed by atoms with Crippen molar-refractivity contribution >= 4 is 17.9 Å². The lowest BCUT2D eigenvalue weighted by molar-refractivity contribution is -0.167. The molecule has 0 rings (SSSR count). The first-order valence-electron chi connectivity index (χ1n) is 31.7. The van der Waals surface area contributed by atoms with E-state index in [0.717, 1.165) is 64.2 Å². The van der Waals surface area contributed by atoms with Gasteiger partial charge in [-0.25, -0.2) is 0 Å².